The summed E-state index contributed by atoms with van der Waals surface area (Å²) in [5.74, 6) is -0.302. The second kappa shape index (κ2) is 9.24. The highest BCUT2D eigenvalue weighted by atomic mass is 16.8. The molecule has 2 N–H and O–H groups in total. The van der Waals surface area contributed by atoms with E-state index in [0.29, 0.717) is 31.7 Å². The lowest BCUT2D eigenvalue weighted by Gasteiger charge is -2.30. The Morgan fingerprint density at radius 3 is 2.75 bits per heavy atom. The van der Waals surface area contributed by atoms with Crippen molar-refractivity contribution < 1.29 is 24.3 Å². The van der Waals surface area contributed by atoms with Crippen molar-refractivity contribution in [1.29, 1.82) is 0 Å². The van der Waals surface area contributed by atoms with Gasteiger partial charge in [0.1, 0.15) is 6.04 Å². The number of amides is 3. The summed E-state index contributed by atoms with van der Waals surface area (Å²) in [6, 6.07) is 15.1. The van der Waals surface area contributed by atoms with Crippen molar-refractivity contribution in [1.82, 2.24) is 19.8 Å². The minimum atomic E-state index is -0.880. The predicted molar refractivity (Wildman–Crippen MR) is 132 cm³/mol. The molecule has 9 heteroatoms. The Morgan fingerprint density at radius 1 is 1.17 bits per heavy atom. The first kappa shape index (κ1) is 23.0. The normalized spacial score (nSPS) is 23.6. The summed E-state index contributed by atoms with van der Waals surface area (Å²) in [4.78, 5) is 33.8. The molecule has 3 amide bonds. The summed E-state index contributed by atoms with van der Waals surface area (Å²) in [7, 11) is 1.65. The second-order valence-corrected chi connectivity index (χ2v) is 9.70. The Morgan fingerprint density at radius 2 is 1.97 bits per heavy atom. The molecule has 36 heavy (non-hydrogen) atoms. The Hall–Kier alpha value is -3.40. The lowest BCUT2D eigenvalue weighted by Crippen LogP contribution is -2.36. The maximum atomic E-state index is 12.7. The standard InChI is InChI=1S/C27H30N4O5/c1-29-26(33)24-23-19-6-2-3-7-20(19)31(21(23)13-14-30(24)27(29)34)16-17-9-11-18(12-10-17)25(32)28-36-22-8-4-5-15-35-22/h2-3,6-7,9-12,22,24,26,33H,4-5,8,13-16H2,1H3,(H,28,32). The number of hydrogen-bond donors (Lipinski definition) is 2. The molecule has 4 heterocycles. The average Bonchev–Trinajstić information content (AvgIpc) is 3.35. The topological polar surface area (TPSA) is 96.3 Å². The Labute approximate surface area is 209 Å². The molecule has 6 rings (SSSR count). The number of benzene rings is 2. The van der Waals surface area contributed by atoms with E-state index >= 15 is 0 Å². The van der Waals surface area contributed by atoms with Crippen LogP contribution >= 0.6 is 0 Å². The largest absolute Gasteiger partial charge is 0.371 e. The fourth-order valence-electron chi connectivity index (χ4n) is 5.66. The Balaban J connectivity index is 1.24. The molecule has 188 valence electrons. The van der Waals surface area contributed by atoms with E-state index in [9.17, 15) is 14.7 Å². The van der Waals surface area contributed by atoms with Crippen LogP contribution in [0.3, 0.4) is 0 Å². The Kier molecular flexibility index (Phi) is 5.91. The van der Waals surface area contributed by atoms with E-state index in [2.05, 4.69) is 22.2 Å². The monoisotopic (exact) mass is 490 g/mol. The number of rotatable bonds is 5. The quantitative estimate of drug-likeness (QED) is 0.536. The third-order valence-corrected chi connectivity index (χ3v) is 7.55. The number of hydroxylamine groups is 1. The van der Waals surface area contributed by atoms with Gasteiger partial charge in [0.25, 0.3) is 5.91 Å². The summed E-state index contributed by atoms with van der Waals surface area (Å²) in [5.41, 5.74) is 7.31. The minimum Gasteiger partial charge on any atom is -0.371 e. The summed E-state index contributed by atoms with van der Waals surface area (Å²) in [5, 5.41) is 11.9. The molecule has 2 saturated heterocycles. The molecule has 0 saturated carbocycles. The van der Waals surface area contributed by atoms with E-state index in [1.807, 2.05) is 24.3 Å². The molecule has 9 nitrogen and oxygen atoms in total. The highest BCUT2D eigenvalue weighted by Crippen LogP contribution is 2.43. The van der Waals surface area contributed by atoms with E-state index in [4.69, 9.17) is 9.57 Å². The zero-order valence-electron chi connectivity index (χ0n) is 20.2. The number of urea groups is 1. The summed E-state index contributed by atoms with van der Waals surface area (Å²) in [6.07, 6.45) is 2.26. The van der Waals surface area contributed by atoms with Crippen molar-refractivity contribution in [2.75, 3.05) is 20.2 Å². The molecule has 1 aromatic heterocycles. The lowest BCUT2D eigenvalue weighted by molar-refractivity contribution is -0.186. The van der Waals surface area contributed by atoms with Crippen LogP contribution in [0.25, 0.3) is 10.9 Å². The highest BCUT2D eigenvalue weighted by molar-refractivity contribution is 5.93. The van der Waals surface area contributed by atoms with E-state index in [1.165, 1.54) is 4.90 Å². The molecule has 0 radical (unpaired) electrons. The van der Waals surface area contributed by atoms with Crippen molar-refractivity contribution in [3.63, 3.8) is 0 Å². The van der Waals surface area contributed by atoms with Gasteiger partial charge in [-0.1, -0.05) is 30.3 Å². The third kappa shape index (κ3) is 3.84. The number of carbonyl (C=O) groups excluding carboxylic acids is 2. The van der Waals surface area contributed by atoms with Crippen LogP contribution in [-0.2, 0) is 22.5 Å². The van der Waals surface area contributed by atoms with Crippen LogP contribution in [0.1, 0.15) is 52.5 Å². The highest BCUT2D eigenvalue weighted by Gasteiger charge is 2.48. The van der Waals surface area contributed by atoms with Gasteiger partial charge in [0.05, 0.1) is 0 Å². The number of para-hydroxylation sites is 1. The van der Waals surface area contributed by atoms with Crippen molar-refractivity contribution in [3.05, 3.63) is 70.9 Å². The molecule has 2 aromatic carbocycles. The molecular formula is C27H30N4O5. The first-order valence-corrected chi connectivity index (χ1v) is 12.5. The van der Waals surface area contributed by atoms with Gasteiger partial charge in [0, 0.05) is 67.3 Å². The zero-order valence-corrected chi connectivity index (χ0v) is 20.2. The molecule has 3 aliphatic rings. The van der Waals surface area contributed by atoms with Crippen LogP contribution in [0, 0.1) is 0 Å². The van der Waals surface area contributed by atoms with E-state index in [0.717, 1.165) is 47.0 Å². The average molecular weight is 491 g/mol. The van der Waals surface area contributed by atoms with Crippen LogP contribution in [-0.4, -0.2) is 64.1 Å². The van der Waals surface area contributed by atoms with Crippen LogP contribution in [0.5, 0.6) is 0 Å². The van der Waals surface area contributed by atoms with E-state index in [1.54, 1.807) is 24.1 Å². The zero-order chi connectivity index (χ0) is 24.8. The SMILES string of the molecule is CN1C(=O)N2CCc3c(c4ccccc4n3Cc3ccc(C(=O)NOC4CCCCO4)cc3)C2C1O. The fraction of sp³-hybridized carbons (Fsp3) is 0.407. The van der Waals surface area contributed by atoms with Gasteiger partial charge in [-0.2, -0.15) is 0 Å². The van der Waals surface area contributed by atoms with Crippen molar-refractivity contribution in [3.8, 4) is 0 Å². The van der Waals surface area contributed by atoms with Gasteiger partial charge in [0.15, 0.2) is 12.5 Å². The smallest absolute Gasteiger partial charge is 0.322 e. The van der Waals surface area contributed by atoms with Crippen LogP contribution in [0.15, 0.2) is 48.5 Å². The predicted octanol–water partition coefficient (Wildman–Crippen LogP) is 3.16. The molecule has 0 aliphatic carbocycles. The number of likely N-dealkylation sites (N-methyl/N-ethyl adjacent to an activating group) is 1. The molecule has 3 atom stereocenters. The van der Waals surface area contributed by atoms with Crippen molar-refractivity contribution in [2.45, 2.75) is 50.8 Å². The molecule has 0 spiro atoms. The second-order valence-electron chi connectivity index (χ2n) is 9.70. The molecule has 2 fully saturated rings. The summed E-state index contributed by atoms with van der Waals surface area (Å²) >= 11 is 0. The van der Waals surface area contributed by atoms with Gasteiger partial charge >= 0.3 is 6.03 Å². The maximum Gasteiger partial charge on any atom is 0.322 e. The third-order valence-electron chi connectivity index (χ3n) is 7.55. The summed E-state index contributed by atoms with van der Waals surface area (Å²) < 4.78 is 7.76. The van der Waals surface area contributed by atoms with Gasteiger partial charge in [-0.3, -0.25) is 9.69 Å². The Bertz CT molecular complexity index is 1300. The number of fused-ring (bicyclic) bond motifs is 5. The lowest BCUT2D eigenvalue weighted by atomic mass is 9.96. The molecule has 3 unspecified atom stereocenters. The van der Waals surface area contributed by atoms with Crippen LogP contribution in [0.2, 0.25) is 0 Å². The van der Waals surface area contributed by atoms with E-state index < -0.39 is 6.23 Å². The van der Waals surface area contributed by atoms with Gasteiger partial charge in [-0.05, 0) is 36.6 Å². The summed E-state index contributed by atoms with van der Waals surface area (Å²) in [6.45, 7) is 1.84. The number of nitrogens with one attached hydrogen (secondary N) is 1. The van der Waals surface area contributed by atoms with E-state index in [-0.39, 0.29) is 24.3 Å². The number of carbonyl (C=O) groups is 2. The first-order valence-electron chi connectivity index (χ1n) is 12.5. The first-order chi connectivity index (χ1) is 17.5. The number of aliphatic hydroxyl groups excluding tert-OH is 1. The molecule has 3 aliphatic heterocycles. The number of nitrogens with zero attached hydrogens (tertiary/aromatic N) is 3. The molecule has 3 aromatic rings. The number of hydrogen-bond acceptors (Lipinski definition) is 5. The molecular weight excluding hydrogens is 460 g/mol. The van der Waals surface area contributed by atoms with Crippen LogP contribution in [0.4, 0.5) is 4.79 Å². The van der Waals surface area contributed by atoms with Gasteiger partial charge in [-0.25, -0.2) is 15.1 Å². The number of ether oxygens (including phenoxy) is 1. The van der Waals surface area contributed by atoms with Crippen LogP contribution < -0.4 is 5.48 Å². The fourth-order valence-corrected chi connectivity index (χ4v) is 5.66. The maximum absolute atomic E-state index is 12.7. The number of aliphatic hydroxyl groups is 1. The van der Waals surface area contributed by atoms with Gasteiger partial charge < -0.3 is 19.3 Å². The van der Waals surface area contributed by atoms with Gasteiger partial charge in [-0.15, -0.1) is 0 Å². The molecule has 0 bridgehead atoms. The minimum absolute atomic E-state index is 0.136. The van der Waals surface area contributed by atoms with Crippen molar-refractivity contribution in [2.24, 2.45) is 0 Å². The van der Waals surface area contributed by atoms with Crippen molar-refractivity contribution >= 4 is 22.8 Å². The van der Waals surface area contributed by atoms with Gasteiger partial charge in [0.2, 0.25) is 0 Å². The number of aromatic nitrogens is 1.